The summed E-state index contributed by atoms with van der Waals surface area (Å²) < 4.78 is 46.3. The number of halogens is 3. The highest BCUT2D eigenvalue weighted by Gasteiger charge is 2.31. The van der Waals surface area contributed by atoms with E-state index in [1.54, 1.807) is 12.1 Å². The lowest BCUT2D eigenvalue weighted by atomic mass is 10.1. The predicted molar refractivity (Wildman–Crippen MR) is 121 cm³/mol. The van der Waals surface area contributed by atoms with E-state index in [2.05, 4.69) is 4.98 Å². The van der Waals surface area contributed by atoms with Gasteiger partial charge >= 0.3 is 12.1 Å². The van der Waals surface area contributed by atoms with E-state index in [4.69, 9.17) is 4.74 Å². The Hall–Kier alpha value is -3.33. The second-order valence-electron chi connectivity index (χ2n) is 8.15. The first-order valence-electron chi connectivity index (χ1n) is 10.1. The van der Waals surface area contributed by atoms with Crippen molar-refractivity contribution in [3.05, 3.63) is 70.9 Å². The number of carbonyl (C=O) groups is 1. The average Bonchev–Trinajstić information content (AvgIpc) is 3.32. The van der Waals surface area contributed by atoms with Crippen LogP contribution < -0.4 is 4.74 Å². The average molecular weight is 475 g/mol. The van der Waals surface area contributed by atoms with E-state index in [1.807, 2.05) is 29.8 Å². The summed E-state index contributed by atoms with van der Waals surface area (Å²) >= 11 is 1.43. The molecule has 0 radical (unpaired) electrons. The van der Waals surface area contributed by atoms with Gasteiger partial charge in [-0.15, -0.1) is 11.3 Å². The number of thiazole rings is 1. The molecule has 0 atom stereocenters. The van der Waals surface area contributed by atoms with Crippen LogP contribution in [0.4, 0.5) is 13.2 Å². The van der Waals surface area contributed by atoms with Crippen LogP contribution in [-0.4, -0.2) is 26.2 Å². The van der Waals surface area contributed by atoms with E-state index in [0.717, 1.165) is 33.6 Å². The van der Waals surface area contributed by atoms with Crippen LogP contribution in [0.3, 0.4) is 0 Å². The zero-order valence-electron chi connectivity index (χ0n) is 18.1. The summed E-state index contributed by atoms with van der Waals surface area (Å²) in [5.74, 6) is -0.583. The molecular weight excluding hydrogens is 453 g/mol. The van der Waals surface area contributed by atoms with Gasteiger partial charge in [0.25, 0.3) is 0 Å². The molecule has 0 unspecified atom stereocenters. The molecule has 0 fully saturated rings. The monoisotopic (exact) mass is 474 g/mol. The van der Waals surface area contributed by atoms with Crippen LogP contribution in [0.2, 0.25) is 0 Å². The highest BCUT2D eigenvalue weighted by Crippen LogP contribution is 2.34. The number of aliphatic carboxylic acids is 1. The Bertz CT molecular complexity index is 1320. The third-order valence-electron chi connectivity index (χ3n) is 5.32. The molecule has 0 aliphatic carbocycles. The van der Waals surface area contributed by atoms with Crippen molar-refractivity contribution in [1.29, 1.82) is 0 Å². The van der Waals surface area contributed by atoms with Crippen LogP contribution in [-0.2, 0) is 17.5 Å². The SMILES string of the molecule is Cc1nc(-c2ccc(C(F)(F)F)cc2)sc1Cn1ccc2c(OC(C)(C)C(=O)O)cccc21. The van der Waals surface area contributed by atoms with E-state index in [9.17, 15) is 23.1 Å². The van der Waals surface area contributed by atoms with Gasteiger partial charge in [-0.2, -0.15) is 13.2 Å². The highest BCUT2D eigenvalue weighted by atomic mass is 32.1. The second kappa shape index (κ2) is 8.22. The van der Waals surface area contributed by atoms with Gasteiger partial charge in [0, 0.05) is 22.0 Å². The van der Waals surface area contributed by atoms with E-state index in [0.29, 0.717) is 22.9 Å². The number of nitrogens with zero attached hydrogens (tertiary/aromatic N) is 2. The fourth-order valence-electron chi connectivity index (χ4n) is 3.40. The molecule has 4 rings (SSSR count). The molecule has 4 aromatic rings. The molecule has 33 heavy (non-hydrogen) atoms. The quantitative estimate of drug-likeness (QED) is 0.352. The summed E-state index contributed by atoms with van der Waals surface area (Å²) in [6.07, 6.45) is -2.48. The summed E-state index contributed by atoms with van der Waals surface area (Å²) in [5, 5.41) is 10.8. The van der Waals surface area contributed by atoms with Gasteiger partial charge in [0.15, 0.2) is 5.60 Å². The molecule has 0 bridgehead atoms. The van der Waals surface area contributed by atoms with Crippen LogP contribution in [0.5, 0.6) is 5.75 Å². The first-order valence-corrected chi connectivity index (χ1v) is 10.9. The maximum absolute atomic E-state index is 12.8. The molecule has 0 amide bonds. The molecule has 172 valence electrons. The molecule has 5 nitrogen and oxygen atoms in total. The van der Waals surface area contributed by atoms with Gasteiger partial charge in [-0.25, -0.2) is 9.78 Å². The Morgan fingerprint density at radius 1 is 1.12 bits per heavy atom. The summed E-state index contributed by atoms with van der Waals surface area (Å²) in [6, 6.07) is 12.3. The zero-order valence-corrected chi connectivity index (χ0v) is 18.9. The number of ether oxygens (including phenoxy) is 1. The Morgan fingerprint density at radius 3 is 2.45 bits per heavy atom. The van der Waals surface area contributed by atoms with E-state index < -0.39 is 23.3 Å². The van der Waals surface area contributed by atoms with Crippen LogP contribution >= 0.6 is 11.3 Å². The maximum Gasteiger partial charge on any atom is 0.416 e. The fourth-order valence-corrected chi connectivity index (χ4v) is 4.46. The summed E-state index contributed by atoms with van der Waals surface area (Å²) in [4.78, 5) is 17.0. The van der Waals surface area contributed by atoms with Crippen molar-refractivity contribution < 1.29 is 27.8 Å². The van der Waals surface area contributed by atoms with Crippen molar-refractivity contribution in [2.75, 3.05) is 0 Å². The lowest BCUT2D eigenvalue weighted by Crippen LogP contribution is -2.37. The number of aromatic nitrogens is 2. The highest BCUT2D eigenvalue weighted by molar-refractivity contribution is 7.15. The lowest BCUT2D eigenvalue weighted by molar-refractivity contribution is -0.152. The molecule has 0 aliphatic heterocycles. The normalized spacial score (nSPS) is 12.3. The molecule has 9 heteroatoms. The minimum atomic E-state index is -4.37. The van der Waals surface area contributed by atoms with Gasteiger partial charge in [0.05, 0.1) is 23.3 Å². The van der Waals surface area contributed by atoms with Gasteiger partial charge in [-0.05, 0) is 51.1 Å². The van der Waals surface area contributed by atoms with Crippen LogP contribution in [0.25, 0.3) is 21.5 Å². The van der Waals surface area contributed by atoms with Gasteiger partial charge in [-0.1, -0.05) is 18.2 Å². The Labute approximate surface area is 192 Å². The first-order chi connectivity index (χ1) is 15.5. The number of benzene rings is 2. The standard InChI is InChI=1S/C24H21F3N2O3S/c1-14-20(33-21(28-14)15-7-9-16(10-8-15)24(25,26)27)13-29-12-11-17-18(29)5-4-6-19(17)32-23(2,3)22(30)31/h4-12H,13H2,1-3H3,(H,30,31). The number of carboxylic acids is 1. The molecule has 1 N–H and O–H groups in total. The van der Waals surface area contributed by atoms with Crippen LogP contribution in [0, 0.1) is 6.92 Å². The Balaban J connectivity index is 1.61. The van der Waals surface area contributed by atoms with Crippen molar-refractivity contribution in [2.45, 2.75) is 39.1 Å². The Morgan fingerprint density at radius 2 is 1.82 bits per heavy atom. The van der Waals surface area contributed by atoms with E-state index in [-0.39, 0.29) is 0 Å². The van der Waals surface area contributed by atoms with Crippen molar-refractivity contribution in [3.63, 3.8) is 0 Å². The van der Waals surface area contributed by atoms with Crippen LogP contribution in [0.1, 0.15) is 30.0 Å². The van der Waals surface area contributed by atoms with Gasteiger partial charge in [0.2, 0.25) is 0 Å². The van der Waals surface area contributed by atoms with Gasteiger partial charge < -0.3 is 14.4 Å². The molecule has 2 aromatic heterocycles. The minimum Gasteiger partial charge on any atom is -0.478 e. The third-order valence-corrected chi connectivity index (χ3v) is 6.51. The van der Waals surface area contributed by atoms with Crippen molar-refractivity contribution in [2.24, 2.45) is 0 Å². The first kappa shape index (κ1) is 22.8. The van der Waals surface area contributed by atoms with Crippen molar-refractivity contribution in [1.82, 2.24) is 9.55 Å². The molecule has 0 saturated heterocycles. The summed E-state index contributed by atoms with van der Waals surface area (Å²) in [5.41, 5.74) is 0.240. The fraction of sp³-hybridized carbons (Fsp3) is 0.250. The number of hydrogen-bond donors (Lipinski definition) is 1. The molecular formula is C24H21F3N2O3S. The molecule has 0 spiro atoms. The number of aryl methyl sites for hydroxylation is 1. The molecule has 2 heterocycles. The molecule has 2 aromatic carbocycles. The zero-order chi connectivity index (χ0) is 24.0. The maximum atomic E-state index is 12.8. The second-order valence-corrected chi connectivity index (χ2v) is 9.24. The summed E-state index contributed by atoms with van der Waals surface area (Å²) in [7, 11) is 0. The number of carboxylic acid groups (broad SMARTS) is 1. The molecule has 0 saturated carbocycles. The van der Waals surface area contributed by atoms with Crippen molar-refractivity contribution in [3.8, 4) is 16.3 Å². The van der Waals surface area contributed by atoms with Crippen LogP contribution in [0.15, 0.2) is 54.7 Å². The number of fused-ring (bicyclic) bond motifs is 1. The topological polar surface area (TPSA) is 64.4 Å². The number of rotatable bonds is 6. The molecule has 0 aliphatic rings. The minimum absolute atomic E-state index is 0.477. The van der Waals surface area contributed by atoms with Gasteiger partial charge in [-0.3, -0.25) is 0 Å². The predicted octanol–water partition coefficient (Wildman–Crippen LogP) is 6.38. The largest absolute Gasteiger partial charge is 0.478 e. The smallest absolute Gasteiger partial charge is 0.416 e. The van der Waals surface area contributed by atoms with E-state index >= 15 is 0 Å². The van der Waals surface area contributed by atoms with E-state index in [1.165, 1.54) is 37.3 Å². The number of hydrogen-bond acceptors (Lipinski definition) is 4. The van der Waals surface area contributed by atoms with Crippen molar-refractivity contribution >= 4 is 28.2 Å². The number of alkyl halides is 3. The lowest BCUT2D eigenvalue weighted by Gasteiger charge is -2.22. The summed E-state index contributed by atoms with van der Waals surface area (Å²) in [6.45, 7) is 5.37. The van der Waals surface area contributed by atoms with Gasteiger partial charge in [0.1, 0.15) is 10.8 Å². The Kier molecular flexibility index (Phi) is 5.69. The third kappa shape index (κ3) is 4.59.